The van der Waals surface area contributed by atoms with Gasteiger partial charge in [-0.15, -0.1) is 13.2 Å². The van der Waals surface area contributed by atoms with E-state index in [0.717, 1.165) is 36.2 Å². The van der Waals surface area contributed by atoms with Crippen LogP contribution in [0.1, 0.15) is 24.3 Å². The van der Waals surface area contributed by atoms with Crippen LogP contribution in [0, 0.1) is 0 Å². The molecule has 1 fully saturated rings. The van der Waals surface area contributed by atoms with E-state index < -0.39 is 28.2 Å². The quantitative estimate of drug-likeness (QED) is 0.719. The minimum Gasteiger partial charge on any atom is -0.465 e. The molecule has 1 unspecified atom stereocenters. The number of hydrogen-bond donors (Lipinski definition) is 2. The first kappa shape index (κ1) is 21.8. The zero-order valence-electron chi connectivity index (χ0n) is 15.6. The number of piperidine rings is 1. The molecule has 1 atom stereocenters. The van der Waals surface area contributed by atoms with Crippen molar-refractivity contribution in [2.45, 2.75) is 30.0 Å². The maximum atomic E-state index is 12.6. The van der Waals surface area contributed by atoms with Crippen molar-refractivity contribution in [2.24, 2.45) is 0 Å². The van der Waals surface area contributed by atoms with Gasteiger partial charge in [0.25, 0.3) is 10.0 Å². The highest BCUT2D eigenvalue weighted by Gasteiger charge is 2.31. The Hall–Kier alpha value is -2.95. The van der Waals surface area contributed by atoms with E-state index in [2.05, 4.69) is 9.46 Å². The molecule has 0 radical (unpaired) electrons. The second-order valence-corrected chi connectivity index (χ2v) is 8.50. The largest absolute Gasteiger partial charge is 0.573 e. The molecule has 0 spiro atoms. The maximum absolute atomic E-state index is 12.6. The first-order valence-electron chi connectivity index (χ1n) is 9.00. The van der Waals surface area contributed by atoms with E-state index in [1.54, 1.807) is 24.3 Å². The third-order valence-electron chi connectivity index (χ3n) is 4.67. The monoisotopic (exact) mass is 444 g/mol. The summed E-state index contributed by atoms with van der Waals surface area (Å²) in [5, 5.41) is 9.18. The lowest BCUT2D eigenvalue weighted by atomic mass is 9.90. The van der Waals surface area contributed by atoms with Crippen LogP contribution in [0.25, 0.3) is 0 Å². The van der Waals surface area contributed by atoms with Crippen LogP contribution in [0.15, 0.2) is 53.4 Å². The predicted molar refractivity (Wildman–Crippen MR) is 102 cm³/mol. The number of ether oxygens (including phenoxy) is 1. The molecule has 30 heavy (non-hydrogen) atoms. The highest BCUT2D eigenvalue weighted by Crippen LogP contribution is 2.30. The molecule has 0 aromatic heterocycles. The first-order valence-corrected chi connectivity index (χ1v) is 10.5. The molecule has 11 heteroatoms. The van der Waals surface area contributed by atoms with Gasteiger partial charge in [-0.1, -0.05) is 12.1 Å². The van der Waals surface area contributed by atoms with Crippen molar-refractivity contribution in [3.63, 3.8) is 0 Å². The van der Waals surface area contributed by atoms with Crippen molar-refractivity contribution in [3.8, 4) is 5.75 Å². The van der Waals surface area contributed by atoms with E-state index in [-0.39, 0.29) is 16.5 Å². The topological polar surface area (TPSA) is 95.9 Å². The van der Waals surface area contributed by atoms with E-state index in [4.69, 9.17) is 0 Å². The van der Waals surface area contributed by atoms with Crippen molar-refractivity contribution in [1.29, 1.82) is 0 Å². The summed E-state index contributed by atoms with van der Waals surface area (Å²) >= 11 is 0. The molecular weight excluding hydrogens is 425 g/mol. The minimum atomic E-state index is -4.87. The summed E-state index contributed by atoms with van der Waals surface area (Å²) in [5.41, 5.74) is 1.07. The van der Waals surface area contributed by atoms with E-state index in [9.17, 15) is 31.5 Å². The number of anilines is 1. The molecule has 162 valence electrons. The number of carboxylic acid groups (broad SMARTS) is 1. The Morgan fingerprint density at radius 3 is 2.50 bits per heavy atom. The summed E-state index contributed by atoms with van der Waals surface area (Å²) in [6, 6.07) is 10.5. The van der Waals surface area contributed by atoms with Crippen LogP contribution in [0.4, 0.5) is 23.7 Å². The van der Waals surface area contributed by atoms with Gasteiger partial charge in [0.2, 0.25) is 0 Å². The fourth-order valence-electron chi connectivity index (χ4n) is 3.31. The summed E-state index contributed by atoms with van der Waals surface area (Å²) in [4.78, 5) is 12.3. The van der Waals surface area contributed by atoms with Crippen LogP contribution in [-0.4, -0.2) is 44.0 Å². The number of rotatable bonds is 5. The molecule has 1 heterocycles. The van der Waals surface area contributed by atoms with Crippen molar-refractivity contribution >= 4 is 21.8 Å². The van der Waals surface area contributed by atoms with E-state index in [1.807, 2.05) is 0 Å². The Bertz CT molecular complexity index is 1010. The molecule has 0 bridgehead atoms. The van der Waals surface area contributed by atoms with Crippen LogP contribution in [0.5, 0.6) is 5.75 Å². The van der Waals surface area contributed by atoms with E-state index in [1.165, 1.54) is 4.90 Å². The molecule has 1 aliphatic heterocycles. The fourth-order valence-corrected chi connectivity index (χ4v) is 4.36. The molecular formula is C19H19F3N2O5S. The maximum Gasteiger partial charge on any atom is 0.573 e. The summed E-state index contributed by atoms with van der Waals surface area (Å²) in [6.45, 7) is 0.790. The average molecular weight is 444 g/mol. The second-order valence-electron chi connectivity index (χ2n) is 6.82. The number of sulfonamides is 1. The molecule has 1 aliphatic rings. The highest BCUT2D eigenvalue weighted by molar-refractivity contribution is 7.92. The molecule has 0 saturated carbocycles. The Labute approximate surface area is 171 Å². The number of alkyl halides is 3. The summed E-state index contributed by atoms with van der Waals surface area (Å²) in [5.74, 6) is -0.582. The molecule has 1 amide bonds. The molecule has 0 aliphatic carbocycles. The number of amides is 1. The second kappa shape index (κ2) is 8.42. The number of benzene rings is 2. The van der Waals surface area contributed by atoms with Gasteiger partial charge >= 0.3 is 12.5 Å². The van der Waals surface area contributed by atoms with Gasteiger partial charge in [-0.2, -0.15) is 0 Å². The van der Waals surface area contributed by atoms with Gasteiger partial charge in [0.1, 0.15) is 5.75 Å². The highest BCUT2D eigenvalue weighted by atomic mass is 32.2. The summed E-state index contributed by atoms with van der Waals surface area (Å²) < 4.78 is 68.0. The number of carbonyl (C=O) groups is 1. The molecule has 3 rings (SSSR count). The average Bonchev–Trinajstić information content (AvgIpc) is 2.67. The molecule has 2 aromatic carbocycles. The third-order valence-corrected chi connectivity index (χ3v) is 6.07. The lowest BCUT2D eigenvalue weighted by molar-refractivity contribution is -0.274. The Morgan fingerprint density at radius 2 is 1.87 bits per heavy atom. The molecule has 2 aromatic rings. The van der Waals surface area contributed by atoms with Crippen molar-refractivity contribution in [2.75, 3.05) is 17.8 Å². The fraction of sp³-hybridized carbons (Fsp3) is 0.316. The lowest BCUT2D eigenvalue weighted by Gasteiger charge is -2.31. The molecule has 1 saturated heterocycles. The van der Waals surface area contributed by atoms with Crippen molar-refractivity contribution in [3.05, 3.63) is 54.1 Å². The number of nitrogens with zero attached hydrogens (tertiary/aromatic N) is 1. The third kappa shape index (κ3) is 5.56. The predicted octanol–water partition coefficient (Wildman–Crippen LogP) is 4.24. The smallest absolute Gasteiger partial charge is 0.465 e. The van der Waals surface area contributed by atoms with Crippen LogP contribution < -0.4 is 9.46 Å². The number of hydrogen-bond acceptors (Lipinski definition) is 4. The van der Waals surface area contributed by atoms with Crippen molar-refractivity contribution in [1.82, 2.24) is 4.90 Å². The Kier molecular flexibility index (Phi) is 6.11. The van der Waals surface area contributed by atoms with Gasteiger partial charge in [0, 0.05) is 24.7 Å². The number of halogens is 3. The van der Waals surface area contributed by atoms with Gasteiger partial charge in [-0.05, 0) is 54.8 Å². The Balaban J connectivity index is 1.74. The summed E-state index contributed by atoms with van der Waals surface area (Å²) in [6.07, 6.45) is -4.37. The van der Waals surface area contributed by atoms with Crippen LogP contribution in [-0.2, 0) is 10.0 Å². The molecule has 7 nitrogen and oxygen atoms in total. The zero-order chi connectivity index (χ0) is 21.9. The standard InChI is InChI=1S/C19H19F3N2O5S/c20-19(21,22)29-16-6-8-17(9-7-16)30(27,28)23-15-5-1-3-13(11-15)14-4-2-10-24(12-14)18(25)26/h1,3,5-9,11,14,23H,2,4,10,12H2,(H,25,26). The SMILES string of the molecule is O=C(O)N1CCCC(c2cccc(NS(=O)(=O)c3ccc(OC(F)(F)F)cc3)c2)C1. The van der Waals surface area contributed by atoms with Crippen molar-refractivity contribution < 1.29 is 36.2 Å². The van der Waals surface area contributed by atoms with Gasteiger partial charge in [0.05, 0.1) is 4.90 Å². The number of nitrogens with one attached hydrogen (secondary N) is 1. The molecule has 2 N–H and O–H groups in total. The summed E-state index contributed by atoms with van der Waals surface area (Å²) in [7, 11) is -4.04. The van der Waals surface area contributed by atoms with Gasteiger partial charge < -0.3 is 14.7 Å². The lowest BCUT2D eigenvalue weighted by Crippen LogP contribution is -2.38. The zero-order valence-corrected chi connectivity index (χ0v) is 16.4. The van der Waals surface area contributed by atoms with Crippen LogP contribution in [0.2, 0.25) is 0 Å². The first-order chi connectivity index (χ1) is 14.0. The van der Waals surface area contributed by atoms with Gasteiger partial charge in [-0.25, -0.2) is 13.2 Å². The van der Waals surface area contributed by atoms with E-state index >= 15 is 0 Å². The Morgan fingerprint density at radius 1 is 1.17 bits per heavy atom. The normalized spacial score (nSPS) is 17.4. The van der Waals surface area contributed by atoms with E-state index in [0.29, 0.717) is 19.5 Å². The van der Waals surface area contributed by atoms with Gasteiger partial charge in [0.15, 0.2) is 0 Å². The van der Waals surface area contributed by atoms with Crippen LogP contribution in [0.3, 0.4) is 0 Å². The number of likely N-dealkylation sites (tertiary alicyclic amines) is 1. The van der Waals surface area contributed by atoms with Gasteiger partial charge in [-0.3, -0.25) is 4.72 Å². The minimum absolute atomic E-state index is 0.0573. The van der Waals surface area contributed by atoms with Crippen LogP contribution >= 0.6 is 0 Å².